The first-order chi connectivity index (χ1) is 6.70. The molecule has 1 saturated carbocycles. The standard InChI is InChI=1S/C11H14O3/c12-10(13)8-11(14-9-4-5-9)6-2-1-3-7-11/h1-3,6,9H,4-5,7-8H2,(H,12,13)/t11-/m1/s1. The predicted octanol–water partition coefficient (Wildman–Crippen LogP) is 1.90. The van der Waals surface area contributed by atoms with Crippen molar-refractivity contribution >= 4 is 5.97 Å². The Labute approximate surface area is 83.1 Å². The van der Waals surface area contributed by atoms with Crippen LogP contribution in [0.15, 0.2) is 24.3 Å². The minimum Gasteiger partial charge on any atom is -0.481 e. The van der Waals surface area contributed by atoms with Gasteiger partial charge in [-0.3, -0.25) is 4.79 Å². The Balaban J connectivity index is 2.06. The molecule has 1 N–H and O–H groups in total. The lowest BCUT2D eigenvalue weighted by atomic mass is 9.91. The molecule has 2 rings (SSSR count). The van der Waals surface area contributed by atoms with Crippen LogP contribution in [0, 0.1) is 0 Å². The normalized spacial score (nSPS) is 30.6. The van der Waals surface area contributed by atoms with Gasteiger partial charge in [-0.05, 0) is 19.3 Å². The largest absolute Gasteiger partial charge is 0.481 e. The van der Waals surface area contributed by atoms with Crippen molar-refractivity contribution in [1.29, 1.82) is 0 Å². The quantitative estimate of drug-likeness (QED) is 0.743. The summed E-state index contributed by atoms with van der Waals surface area (Å²) in [6.07, 6.45) is 10.8. The van der Waals surface area contributed by atoms with Crippen LogP contribution in [0.1, 0.15) is 25.7 Å². The van der Waals surface area contributed by atoms with Crippen LogP contribution in [0.4, 0.5) is 0 Å². The molecular weight excluding hydrogens is 180 g/mol. The van der Waals surface area contributed by atoms with Gasteiger partial charge in [0, 0.05) is 0 Å². The summed E-state index contributed by atoms with van der Waals surface area (Å²) >= 11 is 0. The molecule has 0 bridgehead atoms. The Morgan fingerprint density at radius 2 is 2.29 bits per heavy atom. The molecule has 0 radical (unpaired) electrons. The first-order valence-electron chi connectivity index (χ1n) is 4.94. The zero-order chi connectivity index (χ0) is 10.0. The number of rotatable bonds is 4. The van der Waals surface area contributed by atoms with Gasteiger partial charge in [0.1, 0.15) is 5.60 Å². The SMILES string of the molecule is O=C(O)C[C@@]1(OC2CC2)C=CC=CC1. The summed E-state index contributed by atoms with van der Waals surface area (Å²) in [4.78, 5) is 10.7. The van der Waals surface area contributed by atoms with E-state index in [0.29, 0.717) is 6.42 Å². The first kappa shape index (κ1) is 9.46. The van der Waals surface area contributed by atoms with Crippen LogP contribution in [-0.2, 0) is 9.53 Å². The van der Waals surface area contributed by atoms with Crippen LogP contribution < -0.4 is 0 Å². The van der Waals surface area contributed by atoms with Gasteiger partial charge >= 0.3 is 5.97 Å². The summed E-state index contributed by atoms with van der Waals surface area (Å²) < 4.78 is 5.78. The van der Waals surface area contributed by atoms with Crippen LogP contribution in [-0.4, -0.2) is 22.8 Å². The van der Waals surface area contributed by atoms with Gasteiger partial charge in [0.15, 0.2) is 0 Å². The van der Waals surface area contributed by atoms with Gasteiger partial charge in [0.05, 0.1) is 12.5 Å². The van der Waals surface area contributed by atoms with Crippen molar-refractivity contribution in [1.82, 2.24) is 0 Å². The summed E-state index contributed by atoms with van der Waals surface area (Å²) in [6.45, 7) is 0. The Morgan fingerprint density at radius 1 is 1.50 bits per heavy atom. The summed E-state index contributed by atoms with van der Waals surface area (Å²) in [5, 5.41) is 8.83. The van der Waals surface area contributed by atoms with E-state index >= 15 is 0 Å². The maximum absolute atomic E-state index is 10.7. The van der Waals surface area contributed by atoms with Crippen molar-refractivity contribution in [3.63, 3.8) is 0 Å². The lowest BCUT2D eigenvalue weighted by Gasteiger charge is -2.30. The highest BCUT2D eigenvalue weighted by Gasteiger charge is 2.37. The van der Waals surface area contributed by atoms with Crippen LogP contribution >= 0.6 is 0 Å². The van der Waals surface area contributed by atoms with Gasteiger partial charge in [-0.15, -0.1) is 0 Å². The van der Waals surface area contributed by atoms with E-state index in [4.69, 9.17) is 9.84 Å². The molecule has 0 aromatic heterocycles. The van der Waals surface area contributed by atoms with E-state index in [1.807, 2.05) is 24.3 Å². The predicted molar refractivity (Wildman–Crippen MR) is 52.0 cm³/mol. The zero-order valence-corrected chi connectivity index (χ0v) is 7.98. The van der Waals surface area contributed by atoms with Crippen molar-refractivity contribution < 1.29 is 14.6 Å². The van der Waals surface area contributed by atoms with Gasteiger partial charge < -0.3 is 9.84 Å². The number of carboxylic acids is 1. The number of carboxylic acid groups (broad SMARTS) is 1. The molecule has 0 heterocycles. The average molecular weight is 194 g/mol. The number of carbonyl (C=O) groups is 1. The van der Waals surface area contributed by atoms with Gasteiger partial charge in [-0.25, -0.2) is 0 Å². The second-order valence-corrected chi connectivity index (χ2v) is 3.94. The first-order valence-corrected chi connectivity index (χ1v) is 4.94. The molecule has 0 saturated heterocycles. The fourth-order valence-corrected chi connectivity index (χ4v) is 1.68. The topological polar surface area (TPSA) is 46.5 Å². The second kappa shape index (κ2) is 3.58. The monoisotopic (exact) mass is 194 g/mol. The van der Waals surface area contributed by atoms with E-state index in [1.165, 1.54) is 0 Å². The van der Waals surface area contributed by atoms with Crippen LogP contribution in [0.2, 0.25) is 0 Å². The summed E-state index contributed by atoms with van der Waals surface area (Å²) in [7, 11) is 0. The van der Waals surface area contributed by atoms with Gasteiger partial charge in [-0.2, -0.15) is 0 Å². The van der Waals surface area contributed by atoms with Crippen molar-refractivity contribution in [2.75, 3.05) is 0 Å². The van der Waals surface area contributed by atoms with E-state index in [2.05, 4.69) is 0 Å². The highest BCUT2D eigenvalue weighted by Crippen LogP contribution is 2.35. The molecule has 1 fully saturated rings. The lowest BCUT2D eigenvalue weighted by molar-refractivity contribution is -0.143. The molecule has 0 aromatic rings. The van der Waals surface area contributed by atoms with E-state index in [0.717, 1.165) is 12.8 Å². The van der Waals surface area contributed by atoms with Crippen molar-refractivity contribution in [3.05, 3.63) is 24.3 Å². The number of ether oxygens (including phenoxy) is 1. The molecule has 0 aromatic carbocycles. The number of hydrogen-bond acceptors (Lipinski definition) is 2. The van der Waals surface area contributed by atoms with Crippen molar-refractivity contribution in [2.45, 2.75) is 37.4 Å². The van der Waals surface area contributed by atoms with E-state index in [9.17, 15) is 4.79 Å². The number of allylic oxidation sites excluding steroid dienone is 2. The molecule has 1 atom stereocenters. The van der Waals surface area contributed by atoms with Gasteiger partial charge in [0.2, 0.25) is 0 Å². The average Bonchev–Trinajstić information content (AvgIpc) is 2.88. The Morgan fingerprint density at radius 3 is 2.79 bits per heavy atom. The third kappa shape index (κ3) is 2.23. The summed E-state index contributed by atoms with van der Waals surface area (Å²) in [6, 6.07) is 0. The molecule has 0 amide bonds. The third-order valence-corrected chi connectivity index (χ3v) is 2.49. The smallest absolute Gasteiger partial charge is 0.306 e. The Bertz CT molecular complexity index is 289. The molecule has 2 aliphatic rings. The summed E-state index contributed by atoms with van der Waals surface area (Å²) in [5.41, 5.74) is -0.582. The molecule has 0 unspecified atom stereocenters. The van der Waals surface area contributed by atoms with Crippen molar-refractivity contribution in [3.8, 4) is 0 Å². The number of hydrogen-bond donors (Lipinski definition) is 1. The summed E-state index contributed by atoms with van der Waals surface area (Å²) in [5.74, 6) is -0.800. The van der Waals surface area contributed by atoms with E-state index in [-0.39, 0.29) is 12.5 Å². The van der Waals surface area contributed by atoms with Gasteiger partial charge in [0.25, 0.3) is 0 Å². The van der Waals surface area contributed by atoms with E-state index in [1.54, 1.807) is 0 Å². The fourth-order valence-electron chi connectivity index (χ4n) is 1.68. The highest BCUT2D eigenvalue weighted by atomic mass is 16.5. The van der Waals surface area contributed by atoms with E-state index < -0.39 is 11.6 Å². The number of aliphatic carboxylic acids is 1. The van der Waals surface area contributed by atoms with Crippen LogP contribution in [0.3, 0.4) is 0 Å². The highest BCUT2D eigenvalue weighted by molar-refractivity contribution is 5.69. The third-order valence-electron chi connectivity index (χ3n) is 2.49. The maximum atomic E-state index is 10.7. The minimum absolute atomic E-state index is 0.0599. The molecule has 3 nitrogen and oxygen atoms in total. The molecule has 76 valence electrons. The molecule has 0 aliphatic heterocycles. The van der Waals surface area contributed by atoms with Crippen LogP contribution in [0.5, 0.6) is 0 Å². The molecule has 3 heteroatoms. The molecular formula is C11H14O3. The van der Waals surface area contributed by atoms with Gasteiger partial charge in [-0.1, -0.05) is 24.3 Å². The molecule has 14 heavy (non-hydrogen) atoms. The molecule has 2 aliphatic carbocycles. The Hall–Kier alpha value is -1.09. The second-order valence-electron chi connectivity index (χ2n) is 3.94. The minimum atomic E-state index is -0.800. The maximum Gasteiger partial charge on any atom is 0.306 e. The van der Waals surface area contributed by atoms with Crippen molar-refractivity contribution in [2.24, 2.45) is 0 Å². The van der Waals surface area contributed by atoms with Crippen LogP contribution in [0.25, 0.3) is 0 Å². The molecule has 0 spiro atoms. The fraction of sp³-hybridized carbons (Fsp3) is 0.545. The Kier molecular flexibility index (Phi) is 2.42. The zero-order valence-electron chi connectivity index (χ0n) is 7.98. The lowest BCUT2D eigenvalue weighted by Crippen LogP contribution is -2.34.